The molecule has 4 saturated carbocycles. The molecule has 1 aliphatic heterocycles. The molecule has 4 bridgehead atoms. The zero-order valence-corrected chi connectivity index (χ0v) is 19.4. The van der Waals surface area contributed by atoms with Crippen molar-refractivity contribution in [2.75, 3.05) is 25.0 Å². The molecule has 1 aromatic carbocycles. The average Bonchev–Trinajstić information content (AvgIpc) is 2.78. The largest absolute Gasteiger partial charge is 0.494 e. The van der Waals surface area contributed by atoms with Gasteiger partial charge in [-0.25, -0.2) is 9.97 Å². The van der Waals surface area contributed by atoms with E-state index in [2.05, 4.69) is 39.5 Å². The maximum absolute atomic E-state index is 5.57. The molecule has 0 amide bonds. The predicted molar refractivity (Wildman–Crippen MR) is 127 cm³/mol. The molecule has 0 saturated heterocycles. The Morgan fingerprint density at radius 3 is 2.44 bits per heavy atom. The van der Waals surface area contributed by atoms with Gasteiger partial charge in [-0.15, -0.1) is 0 Å². The van der Waals surface area contributed by atoms with Crippen molar-refractivity contribution in [1.29, 1.82) is 0 Å². The molecule has 0 unspecified atom stereocenters. The average molecular weight is 433 g/mol. The van der Waals surface area contributed by atoms with Crippen LogP contribution in [0.25, 0.3) is 0 Å². The van der Waals surface area contributed by atoms with Crippen LogP contribution >= 0.6 is 0 Å². The zero-order valence-electron chi connectivity index (χ0n) is 19.4. The Bertz CT molecular complexity index is 921. The summed E-state index contributed by atoms with van der Waals surface area (Å²) in [6.45, 7) is 6.74. The first-order valence-electron chi connectivity index (χ1n) is 12.7. The molecule has 2 aromatic rings. The van der Waals surface area contributed by atoms with Crippen LogP contribution in [-0.4, -0.2) is 34.6 Å². The van der Waals surface area contributed by atoms with E-state index in [9.17, 15) is 0 Å². The summed E-state index contributed by atoms with van der Waals surface area (Å²) < 4.78 is 5.57. The van der Waals surface area contributed by atoms with Crippen molar-refractivity contribution < 1.29 is 4.74 Å². The van der Waals surface area contributed by atoms with E-state index in [4.69, 9.17) is 9.72 Å². The van der Waals surface area contributed by atoms with Gasteiger partial charge in [-0.3, -0.25) is 4.90 Å². The van der Waals surface area contributed by atoms with Gasteiger partial charge < -0.3 is 10.1 Å². The van der Waals surface area contributed by atoms with Gasteiger partial charge in [0.2, 0.25) is 0 Å². The lowest BCUT2D eigenvalue weighted by atomic mass is 9.49. The highest BCUT2D eigenvalue weighted by atomic mass is 16.5. The predicted octanol–water partition coefficient (Wildman–Crippen LogP) is 5.06. The summed E-state index contributed by atoms with van der Waals surface area (Å²) in [5.41, 5.74) is 4.40. The molecule has 32 heavy (non-hydrogen) atoms. The van der Waals surface area contributed by atoms with Gasteiger partial charge in [0.25, 0.3) is 0 Å². The minimum absolute atomic E-state index is 0.529. The van der Waals surface area contributed by atoms with Gasteiger partial charge in [0, 0.05) is 31.7 Å². The summed E-state index contributed by atoms with van der Waals surface area (Å²) in [7, 11) is 0. The first kappa shape index (κ1) is 20.5. The second-order valence-corrected chi connectivity index (χ2v) is 11.0. The fourth-order valence-corrected chi connectivity index (χ4v) is 7.59. The zero-order chi connectivity index (χ0) is 21.5. The summed E-state index contributed by atoms with van der Waals surface area (Å²) in [5, 5.41) is 3.83. The van der Waals surface area contributed by atoms with E-state index >= 15 is 0 Å². The monoisotopic (exact) mass is 432 g/mol. The third kappa shape index (κ3) is 4.00. The summed E-state index contributed by atoms with van der Waals surface area (Å²) in [6.07, 6.45) is 11.6. The molecule has 0 atom stereocenters. The SMILES string of the molecule is CCOc1ccc(CN2CCc3c(ncnc3NCC34CC5CC(CC(C5)C3)C4)C2)cc1. The number of anilines is 1. The van der Waals surface area contributed by atoms with E-state index in [1.807, 2.05) is 6.92 Å². The van der Waals surface area contributed by atoms with Gasteiger partial charge in [0.15, 0.2) is 0 Å². The molecule has 5 nitrogen and oxygen atoms in total. The number of rotatable bonds is 7. The number of hydrogen-bond acceptors (Lipinski definition) is 5. The summed E-state index contributed by atoms with van der Waals surface area (Å²) in [5.74, 6) is 5.05. The third-order valence-corrected chi connectivity index (χ3v) is 8.52. The van der Waals surface area contributed by atoms with Crippen molar-refractivity contribution in [2.45, 2.75) is 65.0 Å². The van der Waals surface area contributed by atoms with Crippen molar-refractivity contribution in [2.24, 2.45) is 23.2 Å². The van der Waals surface area contributed by atoms with Crippen LogP contribution in [0.15, 0.2) is 30.6 Å². The molecule has 0 radical (unpaired) electrons. The molecule has 5 heteroatoms. The Kier molecular flexibility index (Phi) is 5.33. The number of nitrogens with zero attached hydrogens (tertiary/aromatic N) is 3. The minimum Gasteiger partial charge on any atom is -0.494 e. The van der Waals surface area contributed by atoms with E-state index in [-0.39, 0.29) is 0 Å². The molecule has 0 spiro atoms. The van der Waals surface area contributed by atoms with Gasteiger partial charge in [-0.2, -0.15) is 0 Å². The normalized spacial score (nSPS) is 30.8. The first-order valence-corrected chi connectivity index (χ1v) is 12.7. The highest BCUT2D eigenvalue weighted by molar-refractivity contribution is 5.47. The fraction of sp³-hybridized carbons (Fsp3) is 0.630. The van der Waals surface area contributed by atoms with Crippen LogP contribution in [0.1, 0.15) is 62.3 Å². The molecule has 4 aliphatic carbocycles. The smallest absolute Gasteiger partial charge is 0.132 e. The maximum Gasteiger partial charge on any atom is 0.132 e. The van der Waals surface area contributed by atoms with E-state index < -0.39 is 0 Å². The quantitative estimate of drug-likeness (QED) is 0.663. The van der Waals surface area contributed by atoms with Crippen molar-refractivity contribution in [1.82, 2.24) is 14.9 Å². The lowest BCUT2D eigenvalue weighted by molar-refractivity contribution is -0.0444. The standard InChI is InChI=1S/C27H36N4O/c1-2-32-23-5-3-19(4-6-23)15-31-8-7-24-25(16-31)29-18-30-26(24)28-17-27-12-20-9-21(13-27)11-22(10-20)14-27/h3-6,18,20-22H,2,7-17H2,1H3,(H,28,29,30). The van der Waals surface area contributed by atoms with Gasteiger partial charge in [-0.1, -0.05) is 12.1 Å². The van der Waals surface area contributed by atoms with Crippen molar-refractivity contribution in [3.8, 4) is 5.75 Å². The molecule has 4 fully saturated rings. The number of ether oxygens (including phenoxy) is 1. The van der Waals surface area contributed by atoms with E-state index in [1.54, 1.807) is 6.33 Å². The van der Waals surface area contributed by atoms with Gasteiger partial charge in [0.1, 0.15) is 17.9 Å². The molecule has 5 aliphatic rings. The lowest BCUT2D eigenvalue weighted by Crippen LogP contribution is -2.49. The summed E-state index contributed by atoms with van der Waals surface area (Å²) >= 11 is 0. The molecule has 170 valence electrons. The number of aromatic nitrogens is 2. The molecular formula is C27H36N4O. The van der Waals surface area contributed by atoms with Gasteiger partial charge >= 0.3 is 0 Å². The Balaban J connectivity index is 1.10. The van der Waals surface area contributed by atoms with E-state index in [0.717, 1.165) is 61.9 Å². The Morgan fingerprint density at radius 1 is 1.03 bits per heavy atom. The first-order chi connectivity index (χ1) is 15.7. The Hall–Kier alpha value is -2.14. The van der Waals surface area contributed by atoms with Gasteiger partial charge in [-0.05, 0) is 92.7 Å². The van der Waals surface area contributed by atoms with Gasteiger partial charge in [0.05, 0.1) is 12.3 Å². The van der Waals surface area contributed by atoms with Crippen molar-refractivity contribution in [3.63, 3.8) is 0 Å². The number of hydrogen-bond donors (Lipinski definition) is 1. The third-order valence-electron chi connectivity index (χ3n) is 8.52. The highest BCUT2D eigenvalue weighted by Crippen LogP contribution is 2.59. The summed E-state index contributed by atoms with van der Waals surface area (Å²) in [6, 6.07) is 8.51. The number of nitrogens with one attached hydrogen (secondary N) is 1. The van der Waals surface area contributed by atoms with Crippen LogP contribution in [0.3, 0.4) is 0 Å². The van der Waals surface area contributed by atoms with E-state index in [0.29, 0.717) is 12.0 Å². The molecular weight excluding hydrogens is 396 g/mol. The number of fused-ring (bicyclic) bond motifs is 1. The lowest BCUT2D eigenvalue weighted by Gasteiger charge is -2.57. The van der Waals surface area contributed by atoms with E-state index in [1.165, 1.54) is 55.3 Å². The summed E-state index contributed by atoms with van der Waals surface area (Å²) in [4.78, 5) is 11.9. The highest BCUT2D eigenvalue weighted by Gasteiger charge is 2.50. The van der Waals surface area contributed by atoms with Crippen molar-refractivity contribution >= 4 is 5.82 Å². The number of benzene rings is 1. The molecule has 1 N–H and O–H groups in total. The van der Waals surface area contributed by atoms with Crippen molar-refractivity contribution in [3.05, 3.63) is 47.4 Å². The van der Waals surface area contributed by atoms with Crippen LogP contribution in [0.4, 0.5) is 5.82 Å². The van der Waals surface area contributed by atoms with Crippen LogP contribution < -0.4 is 10.1 Å². The Morgan fingerprint density at radius 2 is 1.75 bits per heavy atom. The Labute approximate surface area is 192 Å². The topological polar surface area (TPSA) is 50.3 Å². The fourth-order valence-electron chi connectivity index (χ4n) is 7.59. The van der Waals surface area contributed by atoms with Crippen LogP contribution in [0.5, 0.6) is 5.75 Å². The van der Waals surface area contributed by atoms with Crippen LogP contribution in [0.2, 0.25) is 0 Å². The molecule has 2 heterocycles. The molecule has 1 aromatic heterocycles. The maximum atomic E-state index is 5.57. The second-order valence-electron chi connectivity index (χ2n) is 11.0. The molecule has 7 rings (SSSR count). The van der Waals surface area contributed by atoms with Crippen LogP contribution in [-0.2, 0) is 19.5 Å². The van der Waals surface area contributed by atoms with Crippen LogP contribution in [0, 0.1) is 23.2 Å². The second kappa shape index (κ2) is 8.33. The minimum atomic E-state index is 0.529.